The third kappa shape index (κ3) is 4.50. The Morgan fingerprint density at radius 2 is 1.88 bits per heavy atom. The molecule has 0 unspecified atom stereocenters. The number of nitrogens with zero attached hydrogens (tertiary/aromatic N) is 4. The summed E-state index contributed by atoms with van der Waals surface area (Å²) >= 11 is 0. The van der Waals surface area contributed by atoms with Crippen LogP contribution in [0.2, 0.25) is 0 Å². The van der Waals surface area contributed by atoms with Gasteiger partial charge in [-0.3, -0.25) is 9.69 Å². The van der Waals surface area contributed by atoms with E-state index in [0.29, 0.717) is 31.9 Å². The zero-order chi connectivity index (χ0) is 23.7. The first kappa shape index (κ1) is 23.0. The molecule has 1 atom stereocenters. The molecule has 0 aliphatic carbocycles. The number of amides is 2. The number of aryl methyl sites for hydroxylation is 3. The third-order valence-electron chi connectivity index (χ3n) is 6.28. The molecule has 3 heterocycles. The predicted molar refractivity (Wildman–Crippen MR) is 122 cm³/mol. The molecule has 2 fully saturated rings. The number of rotatable bonds is 5. The number of carbonyl (C=O) groups excluding carboxylic acids is 2. The highest BCUT2D eigenvalue weighted by Crippen LogP contribution is 2.27. The molecular weight excluding hydrogens is 427 g/mol. The van der Waals surface area contributed by atoms with Crippen molar-refractivity contribution in [3.63, 3.8) is 0 Å². The second-order valence-electron chi connectivity index (χ2n) is 8.53. The van der Waals surface area contributed by atoms with Gasteiger partial charge in [-0.15, -0.1) is 0 Å². The van der Waals surface area contributed by atoms with Crippen molar-refractivity contribution in [3.05, 3.63) is 52.5 Å². The summed E-state index contributed by atoms with van der Waals surface area (Å²) in [6.45, 7) is 8.71. The van der Waals surface area contributed by atoms with Gasteiger partial charge in [-0.25, -0.2) is 14.2 Å². The topological polar surface area (TPSA) is 75.2 Å². The zero-order valence-corrected chi connectivity index (χ0v) is 19.4. The summed E-state index contributed by atoms with van der Waals surface area (Å²) in [7, 11) is 1.53. The number of pyridine rings is 1. The summed E-state index contributed by atoms with van der Waals surface area (Å²) < 4.78 is 25.1. The van der Waals surface area contributed by atoms with E-state index in [1.165, 1.54) is 24.1 Å². The zero-order valence-electron chi connectivity index (χ0n) is 19.4. The second-order valence-corrected chi connectivity index (χ2v) is 8.53. The Morgan fingerprint density at radius 3 is 2.55 bits per heavy atom. The van der Waals surface area contributed by atoms with Crippen molar-refractivity contribution in [2.75, 3.05) is 56.3 Å². The van der Waals surface area contributed by atoms with E-state index >= 15 is 0 Å². The first-order chi connectivity index (χ1) is 15.8. The third-order valence-corrected chi connectivity index (χ3v) is 6.28. The smallest absolute Gasteiger partial charge is 0.414 e. The fraction of sp³-hybridized carbons (Fsp3) is 0.458. The van der Waals surface area contributed by atoms with Gasteiger partial charge in [0.2, 0.25) is 0 Å². The maximum atomic E-state index is 14.9. The minimum absolute atomic E-state index is 0.0106. The van der Waals surface area contributed by atoms with Crippen LogP contribution in [0.4, 0.5) is 20.7 Å². The van der Waals surface area contributed by atoms with Gasteiger partial charge >= 0.3 is 6.09 Å². The van der Waals surface area contributed by atoms with E-state index in [-0.39, 0.29) is 30.7 Å². The van der Waals surface area contributed by atoms with Gasteiger partial charge in [-0.05, 0) is 50.1 Å². The summed E-state index contributed by atoms with van der Waals surface area (Å²) in [5, 5.41) is 0. The highest BCUT2D eigenvalue weighted by atomic mass is 19.1. The Morgan fingerprint density at radius 1 is 1.15 bits per heavy atom. The molecule has 8 nitrogen and oxygen atoms in total. The van der Waals surface area contributed by atoms with Crippen molar-refractivity contribution < 1.29 is 23.5 Å². The van der Waals surface area contributed by atoms with E-state index in [4.69, 9.17) is 14.5 Å². The number of cyclic esters (lactones) is 1. The van der Waals surface area contributed by atoms with Crippen LogP contribution < -0.4 is 9.80 Å². The standard InChI is InChI=1S/C24H29FN4O4/c1-15-11-16(2)22(26-17(15)3)27-7-9-28(10-8-27)23(30)20-6-5-18(12-21(20)25)29-19(13-32-4)14-33-24(29)31/h5-6,11-12,19H,7-10,13-14H2,1-4H3/t19-/m1/s1. The van der Waals surface area contributed by atoms with Gasteiger partial charge in [0.05, 0.1) is 23.9 Å². The molecule has 33 heavy (non-hydrogen) atoms. The second kappa shape index (κ2) is 9.35. The lowest BCUT2D eigenvalue weighted by atomic mass is 10.1. The van der Waals surface area contributed by atoms with Gasteiger partial charge in [0.15, 0.2) is 0 Å². The number of anilines is 2. The minimum Gasteiger partial charge on any atom is -0.447 e. The SMILES string of the molecule is COC[C@@H]1COC(=O)N1c1ccc(C(=O)N2CCN(c3nc(C)c(C)cc3C)CC2)c(F)c1. The molecule has 0 saturated carbocycles. The maximum Gasteiger partial charge on any atom is 0.414 e. The Hall–Kier alpha value is -3.20. The summed E-state index contributed by atoms with van der Waals surface area (Å²) in [6.07, 6.45) is -0.554. The molecule has 2 aliphatic heterocycles. The molecule has 1 aromatic carbocycles. The van der Waals surface area contributed by atoms with Crippen molar-refractivity contribution in [1.29, 1.82) is 0 Å². The van der Waals surface area contributed by atoms with Crippen LogP contribution in [0, 0.1) is 26.6 Å². The van der Waals surface area contributed by atoms with Gasteiger partial charge in [-0.2, -0.15) is 0 Å². The number of halogens is 1. The fourth-order valence-corrected chi connectivity index (χ4v) is 4.36. The van der Waals surface area contributed by atoms with Crippen LogP contribution in [-0.2, 0) is 9.47 Å². The van der Waals surface area contributed by atoms with Crippen LogP contribution in [0.5, 0.6) is 0 Å². The van der Waals surface area contributed by atoms with Crippen LogP contribution in [0.3, 0.4) is 0 Å². The number of hydrogen-bond acceptors (Lipinski definition) is 6. The Labute approximate surface area is 192 Å². The maximum absolute atomic E-state index is 14.9. The van der Waals surface area contributed by atoms with Gasteiger partial charge in [0, 0.05) is 39.0 Å². The van der Waals surface area contributed by atoms with E-state index in [1.807, 2.05) is 20.8 Å². The molecular formula is C24H29FN4O4. The predicted octanol–water partition coefficient (Wildman–Crippen LogP) is 3.08. The number of aromatic nitrogens is 1. The van der Waals surface area contributed by atoms with Crippen LogP contribution >= 0.6 is 0 Å². The van der Waals surface area contributed by atoms with Crippen LogP contribution in [-0.4, -0.2) is 74.4 Å². The van der Waals surface area contributed by atoms with Crippen molar-refractivity contribution >= 4 is 23.5 Å². The Balaban J connectivity index is 1.45. The lowest BCUT2D eigenvalue weighted by molar-refractivity contribution is 0.0741. The highest BCUT2D eigenvalue weighted by Gasteiger charge is 2.35. The van der Waals surface area contributed by atoms with Crippen molar-refractivity contribution in [1.82, 2.24) is 9.88 Å². The van der Waals surface area contributed by atoms with Crippen LogP contribution in [0.15, 0.2) is 24.3 Å². The molecule has 1 aromatic heterocycles. The summed E-state index contributed by atoms with van der Waals surface area (Å²) in [6, 6.07) is 6.01. The molecule has 0 N–H and O–H groups in total. The minimum atomic E-state index is -0.664. The van der Waals surface area contributed by atoms with Crippen molar-refractivity contribution in [2.45, 2.75) is 26.8 Å². The van der Waals surface area contributed by atoms with Crippen LogP contribution in [0.1, 0.15) is 27.2 Å². The molecule has 0 radical (unpaired) electrons. The lowest BCUT2D eigenvalue weighted by Gasteiger charge is -2.36. The van der Waals surface area contributed by atoms with Crippen molar-refractivity contribution in [3.8, 4) is 0 Å². The molecule has 0 spiro atoms. The number of hydrogen-bond donors (Lipinski definition) is 0. The normalized spacial score (nSPS) is 18.6. The number of piperazine rings is 1. The molecule has 4 rings (SSSR count). The number of benzene rings is 1. The van der Waals surface area contributed by atoms with E-state index in [0.717, 1.165) is 22.6 Å². The van der Waals surface area contributed by atoms with E-state index < -0.39 is 11.9 Å². The Bertz CT molecular complexity index is 1070. The van der Waals surface area contributed by atoms with Crippen molar-refractivity contribution in [2.24, 2.45) is 0 Å². The molecule has 2 aliphatic rings. The average Bonchev–Trinajstić information content (AvgIpc) is 3.16. The van der Waals surface area contributed by atoms with E-state index in [2.05, 4.69) is 11.0 Å². The largest absolute Gasteiger partial charge is 0.447 e. The molecule has 9 heteroatoms. The summed E-state index contributed by atoms with van der Waals surface area (Å²) in [5.74, 6) is -0.0905. The Kier molecular flexibility index (Phi) is 6.51. The molecule has 2 saturated heterocycles. The number of carbonyl (C=O) groups is 2. The molecule has 2 amide bonds. The highest BCUT2D eigenvalue weighted by molar-refractivity contribution is 5.96. The van der Waals surface area contributed by atoms with Gasteiger partial charge in [0.25, 0.3) is 5.91 Å². The first-order valence-electron chi connectivity index (χ1n) is 11.0. The van der Waals surface area contributed by atoms with E-state index in [9.17, 15) is 14.0 Å². The van der Waals surface area contributed by atoms with Gasteiger partial charge in [0.1, 0.15) is 18.2 Å². The van der Waals surface area contributed by atoms with Gasteiger partial charge < -0.3 is 19.3 Å². The first-order valence-corrected chi connectivity index (χ1v) is 11.0. The van der Waals surface area contributed by atoms with Gasteiger partial charge in [-0.1, -0.05) is 6.07 Å². The quantitative estimate of drug-likeness (QED) is 0.689. The molecule has 176 valence electrons. The molecule has 0 bridgehead atoms. The number of ether oxygens (including phenoxy) is 2. The fourth-order valence-electron chi connectivity index (χ4n) is 4.36. The summed E-state index contributed by atoms with van der Waals surface area (Å²) in [5.41, 5.74) is 3.58. The van der Waals surface area contributed by atoms with E-state index in [1.54, 1.807) is 11.0 Å². The lowest BCUT2D eigenvalue weighted by Crippen LogP contribution is -2.49. The van der Waals surface area contributed by atoms with Crippen LogP contribution in [0.25, 0.3) is 0 Å². The number of methoxy groups -OCH3 is 1. The monoisotopic (exact) mass is 456 g/mol. The average molecular weight is 457 g/mol. The summed E-state index contributed by atoms with van der Waals surface area (Å²) in [4.78, 5) is 35.0. The molecule has 2 aromatic rings.